The van der Waals surface area contributed by atoms with Crippen molar-refractivity contribution in [3.63, 3.8) is 0 Å². The Kier molecular flexibility index (Phi) is 7.25. The van der Waals surface area contributed by atoms with Gasteiger partial charge in [0.05, 0.1) is 12.5 Å². The lowest BCUT2D eigenvalue weighted by Crippen LogP contribution is -2.51. The van der Waals surface area contributed by atoms with Crippen LogP contribution < -0.4 is 5.32 Å². The third kappa shape index (κ3) is 6.86. The maximum absolute atomic E-state index is 12.8. The van der Waals surface area contributed by atoms with Gasteiger partial charge < -0.3 is 15.0 Å². The van der Waals surface area contributed by atoms with Crippen LogP contribution in [0.4, 0.5) is 4.79 Å². The Labute approximate surface area is 162 Å². The zero-order chi connectivity index (χ0) is 20.0. The van der Waals surface area contributed by atoms with Gasteiger partial charge in [0.1, 0.15) is 5.60 Å². The van der Waals surface area contributed by atoms with Crippen molar-refractivity contribution in [1.29, 1.82) is 0 Å². The Balaban J connectivity index is 2.02. The smallest absolute Gasteiger partial charge is 0.408 e. The molecule has 1 aliphatic rings. The van der Waals surface area contributed by atoms with E-state index in [0.29, 0.717) is 6.04 Å². The van der Waals surface area contributed by atoms with Crippen molar-refractivity contribution < 1.29 is 14.3 Å². The van der Waals surface area contributed by atoms with Gasteiger partial charge in [-0.3, -0.25) is 9.69 Å². The summed E-state index contributed by atoms with van der Waals surface area (Å²) in [5, 5.41) is 2.87. The lowest BCUT2D eigenvalue weighted by Gasteiger charge is -2.37. The van der Waals surface area contributed by atoms with Crippen LogP contribution in [0.5, 0.6) is 0 Å². The Morgan fingerprint density at radius 2 is 1.67 bits per heavy atom. The monoisotopic (exact) mass is 375 g/mol. The van der Waals surface area contributed by atoms with Gasteiger partial charge in [0.25, 0.3) is 0 Å². The van der Waals surface area contributed by atoms with Crippen molar-refractivity contribution in [2.45, 2.75) is 58.7 Å². The van der Waals surface area contributed by atoms with Crippen molar-refractivity contribution >= 4 is 12.0 Å². The number of ether oxygens (including phenoxy) is 1. The summed E-state index contributed by atoms with van der Waals surface area (Å²) in [4.78, 5) is 29.4. The molecule has 0 spiro atoms. The molecule has 1 atom stereocenters. The Bertz CT molecular complexity index is 617. The maximum atomic E-state index is 12.8. The van der Waals surface area contributed by atoms with E-state index < -0.39 is 17.7 Å². The van der Waals surface area contributed by atoms with Gasteiger partial charge in [0, 0.05) is 32.2 Å². The molecule has 0 radical (unpaired) electrons. The number of benzene rings is 1. The van der Waals surface area contributed by atoms with E-state index in [1.165, 1.54) is 0 Å². The summed E-state index contributed by atoms with van der Waals surface area (Å²) < 4.78 is 5.38. The molecule has 2 amide bonds. The lowest BCUT2D eigenvalue weighted by atomic mass is 10.0. The third-order valence-corrected chi connectivity index (χ3v) is 4.67. The molecule has 1 saturated heterocycles. The number of carbonyl (C=O) groups is 2. The molecule has 150 valence electrons. The zero-order valence-corrected chi connectivity index (χ0v) is 17.2. The van der Waals surface area contributed by atoms with E-state index in [-0.39, 0.29) is 12.3 Å². The highest BCUT2D eigenvalue weighted by Crippen LogP contribution is 2.20. The molecule has 0 saturated carbocycles. The summed E-state index contributed by atoms with van der Waals surface area (Å²) in [6, 6.07) is 9.67. The number of amides is 2. The summed E-state index contributed by atoms with van der Waals surface area (Å²) in [5.74, 6) is 0.0586. The van der Waals surface area contributed by atoms with E-state index >= 15 is 0 Å². The fourth-order valence-corrected chi connectivity index (χ4v) is 3.18. The highest BCUT2D eigenvalue weighted by molar-refractivity contribution is 5.78. The van der Waals surface area contributed by atoms with Crippen LogP contribution in [0.15, 0.2) is 30.3 Å². The molecule has 1 heterocycles. The highest BCUT2D eigenvalue weighted by atomic mass is 16.6. The van der Waals surface area contributed by atoms with Crippen LogP contribution in [0, 0.1) is 0 Å². The fraction of sp³-hybridized carbons (Fsp3) is 0.619. The van der Waals surface area contributed by atoms with Crippen molar-refractivity contribution in [3.05, 3.63) is 35.9 Å². The van der Waals surface area contributed by atoms with Crippen LogP contribution in [0.25, 0.3) is 0 Å². The molecular weight excluding hydrogens is 342 g/mol. The number of alkyl carbamates (subject to hydrolysis) is 1. The number of nitrogens with one attached hydrogen (secondary N) is 1. The number of rotatable bonds is 5. The van der Waals surface area contributed by atoms with Crippen molar-refractivity contribution in [2.75, 3.05) is 26.2 Å². The van der Waals surface area contributed by atoms with E-state index in [1.54, 1.807) is 0 Å². The van der Waals surface area contributed by atoms with E-state index in [2.05, 4.69) is 24.1 Å². The Morgan fingerprint density at radius 3 is 2.19 bits per heavy atom. The predicted octanol–water partition coefficient (Wildman–Crippen LogP) is 3.20. The Hall–Kier alpha value is -2.08. The first-order valence-corrected chi connectivity index (χ1v) is 9.72. The number of piperazine rings is 1. The first kappa shape index (κ1) is 21.2. The summed E-state index contributed by atoms with van der Waals surface area (Å²) in [6.45, 7) is 13.0. The molecule has 1 fully saturated rings. The van der Waals surface area contributed by atoms with Crippen LogP contribution in [-0.2, 0) is 9.53 Å². The second kappa shape index (κ2) is 9.22. The minimum Gasteiger partial charge on any atom is -0.444 e. The van der Waals surface area contributed by atoms with Crippen LogP contribution in [0.1, 0.15) is 52.6 Å². The van der Waals surface area contributed by atoms with Crippen LogP contribution in [0.3, 0.4) is 0 Å². The minimum atomic E-state index is -0.581. The number of hydrogen-bond acceptors (Lipinski definition) is 4. The lowest BCUT2D eigenvalue weighted by molar-refractivity contribution is -0.133. The van der Waals surface area contributed by atoms with E-state index in [4.69, 9.17) is 4.74 Å². The van der Waals surface area contributed by atoms with Gasteiger partial charge in [-0.1, -0.05) is 30.3 Å². The second-order valence-corrected chi connectivity index (χ2v) is 8.32. The molecule has 0 aliphatic carbocycles. The molecule has 27 heavy (non-hydrogen) atoms. The normalized spacial score (nSPS) is 16.9. The Morgan fingerprint density at radius 1 is 1.07 bits per heavy atom. The first-order valence-electron chi connectivity index (χ1n) is 9.72. The molecule has 1 aliphatic heterocycles. The molecule has 1 aromatic carbocycles. The summed E-state index contributed by atoms with van der Waals surface area (Å²) in [7, 11) is 0. The SMILES string of the molecule is CC(C)N1CCN(C(=O)CC(NC(=O)OC(C)(C)C)c2ccccc2)CC1. The summed E-state index contributed by atoms with van der Waals surface area (Å²) >= 11 is 0. The van der Waals surface area contributed by atoms with E-state index in [1.807, 2.05) is 56.0 Å². The van der Waals surface area contributed by atoms with Gasteiger partial charge in [-0.15, -0.1) is 0 Å². The van der Waals surface area contributed by atoms with Gasteiger partial charge in [-0.05, 0) is 40.2 Å². The number of carbonyl (C=O) groups excluding carboxylic acids is 2. The average Bonchev–Trinajstić information content (AvgIpc) is 2.60. The molecule has 6 heteroatoms. The fourth-order valence-electron chi connectivity index (χ4n) is 3.18. The van der Waals surface area contributed by atoms with Crippen molar-refractivity contribution in [1.82, 2.24) is 15.1 Å². The number of nitrogens with zero attached hydrogens (tertiary/aromatic N) is 2. The molecule has 1 N–H and O–H groups in total. The molecule has 6 nitrogen and oxygen atoms in total. The summed E-state index contributed by atoms with van der Waals surface area (Å²) in [5.41, 5.74) is 0.320. The predicted molar refractivity (Wildman–Crippen MR) is 106 cm³/mol. The maximum Gasteiger partial charge on any atom is 0.408 e. The van der Waals surface area contributed by atoms with E-state index in [9.17, 15) is 9.59 Å². The van der Waals surface area contributed by atoms with Crippen LogP contribution >= 0.6 is 0 Å². The molecule has 0 aromatic heterocycles. The first-order chi connectivity index (χ1) is 12.7. The molecule has 1 aromatic rings. The minimum absolute atomic E-state index is 0.0586. The standard InChI is InChI=1S/C21H33N3O3/c1-16(2)23-11-13-24(14-12-23)19(25)15-18(17-9-7-6-8-10-17)22-20(26)27-21(3,4)5/h6-10,16,18H,11-15H2,1-5H3,(H,22,26). The zero-order valence-electron chi connectivity index (χ0n) is 17.2. The largest absolute Gasteiger partial charge is 0.444 e. The summed E-state index contributed by atoms with van der Waals surface area (Å²) in [6.07, 6.45) is -0.279. The average molecular weight is 376 g/mol. The van der Waals surface area contributed by atoms with Crippen molar-refractivity contribution in [2.24, 2.45) is 0 Å². The molecule has 1 unspecified atom stereocenters. The van der Waals surface area contributed by atoms with Gasteiger partial charge >= 0.3 is 6.09 Å². The highest BCUT2D eigenvalue weighted by Gasteiger charge is 2.27. The molecule has 0 bridgehead atoms. The topological polar surface area (TPSA) is 61.9 Å². The van der Waals surface area contributed by atoms with Crippen LogP contribution in [-0.4, -0.2) is 59.6 Å². The van der Waals surface area contributed by atoms with Gasteiger partial charge in [-0.25, -0.2) is 4.79 Å². The van der Waals surface area contributed by atoms with E-state index in [0.717, 1.165) is 31.7 Å². The quantitative estimate of drug-likeness (QED) is 0.858. The van der Waals surface area contributed by atoms with Gasteiger partial charge in [0.15, 0.2) is 0 Å². The van der Waals surface area contributed by atoms with Crippen molar-refractivity contribution in [3.8, 4) is 0 Å². The van der Waals surface area contributed by atoms with Crippen LogP contribution in [0.2, 0.25) is 0 Å². The molecular formula is C21H33N3O3. The van der Waals surface area contributed by atoms with Gasteiger partial charge in [0.2, 0.25) is 5.91 Å². The molecule has 2 rings (SSSR count). The van der Waals surface area contributed by atoms with Gasteiger partial charge in [-0.2, -0.15) is 0 Å². The number of hydrogen-bond donors (Lipinski definition) is 1. The third-order valence-electron chi connectivity index (χ3n) is 4.67. The second-order valence-electron chi connectivity index (χ2n) is 8.32.